The minimum absolute atomic E-state index is 0.00459. The number of carbonyl (C=O) groups excluding carboxylic acids is 3. The van der Waals surface area contributed by atoms with Crippen molar-refractivity contribution in [3.63, 3.8) is 0 Å². The molecule has 2 aliphatic rings. The maximum absolute atomic E-state index is 11.6. The van der Waals surface area contributed by atoms with Crippen LogP contribution in [0.15, 0.2) is 24.0 Å². The summed E-state index contributed by atoms with van der Waals surface area (Å²) in [7, 11) is 2.17. The van der Waals surface area contributed by atoms with Crippen LogP contribution in [0.1, 0.15) is 25.7 Å². The van der Waals surface area contributed by atoms with Crippen LogP contribution in [0.2, 0.25) is 0 Å². The molecule has 2 N–H and O–H groups in total. The molecule has 3 atom stereocenters. The molecule has 1 fully saturated rings. The number of hydrogen-bond acceptors (Lipinski definition) is 9. The number of methoxy groups -OCH3 is 1. The number of esters is 2. The lowest BCUT2D eigenvalue weighted by Crippen LogP contribution is -2.31. The van der Waals surface area contributed by atoms with Crippen molar-refractivity contribution >= 4 is 18.2 Å². The smallest absolute Gasteiger partial charge is 0.335 e. The molecule has 0 saturated carbocycles. The fourth-order valence-electron chi connectivity index (χ4n) is 2.48. The van der Waals surface area contributed by atoms with Crippen LogP contribution in [0.25, 0.3) is 0 Å². The summed E-state index contributed by atoms with van der Waals surface area (Å²) >= 11 is 0. The van der Waals surface area contributed by atoms with E-state index in [-0.39, 0.29) is 18.9 Å². The fourth-order valence-corrected chi connectivity index (χ4v) is 2.48. The van der Waals surface area contributed by atoms with Gasteiger partial charge in [-0.25, -0.2) is 4.79 Å². The van der Waals surface area contributed by atoms with E-state index in [1.54, 1.807) is 6.20 Å². The summed E-state index contributed by atoms with van der Waals surface area (Å²) in [6.45, 7) is -0.00459. The standard InChI is InChI=1S/C16H21NO7.CH4O/c1-22-15(20)7-13(19)16(21)23-10-12-4-5-14(24-12)17-6-2-3-11(8-17)9-18;1-2/h2,6,8-9,12-14,19H,3-5,7,10H2,1H3;2H,1H3. The predicted molar refractivity (Wildman–Crippen MR) is 89.4 cm³/mol. The van der Waals surface area contributed by atoms with E-state index in [0.29, 0.717) is 18.4 Å². The van der Waals surface area contributed by atoms with Gasteiger partial charge in [-0.15, -0.1) is 0 Å². The molecule has 0 aromatic carbocycles. The van der Waals surface area contributed by atoms with E-state index in [0.717, 1.165) is 19.8 Å². The number of ether oxygens (including phenoxy) is 3. The third kappa shape index (κ3) is 6.58. The summed E-state index contributed by atoms with van der Waals surface area (Å²) in [5.41, 5.74) is 0.668. The van der Waals surface area contributed by atoms with Crippen LogP contribution >= 0.6 is 0 Å². The average Bonchev–Trinajstić information content (AvgIpc) is 3.16. The molecule has 26 heavy (non-hydrogen) atoms. The Hall–Kier alpha value is -2.23. The number of hydrogen-bond donors (Lipinski definition) is 2. The highest BCUT2D eigenvalue weighted by atomic mass is 16.6. The Morgan fingerprint density at radius 3 is 2.81 bits per heavy atom. The third-order valence-electron chi connectivity index (χ3n) is 3.79. The maximum atomic E-state index is 11.6. The highest BCUT2D eigenvalue weighted by Gasteiger charge is 2.30. The Kier molecular flexibility index (Phi) is 9.56. The molecule has 0 amide bonds. The Morgan fingerprint density at radius 1 is 1.42 bits per heavy atom. The summed E-state index contributed by atoms with van der Waals surface area (Å²) in [5.74, 6) is -1.57. The van der Waals surface area contributed by atoms with Gasteiger partial charge in [-0.05, 0) is 19.3 Å². The van der Waals surface area contributed by atoms with Crippen molar-refractivity contribution in [1.82, 2.24) is 4.90 Å². The van der Waals surface area contributed by atoms with Gasteiger partial charge < -0.3 is 29.3 Å². The minimum atomic E-state index is -1.54. The fraction of sp³-hybridized carbons (Fsp3) is 0.588. The Morgan fingerprint density at radius 2 is 2.15 bits per heavy atom. The molecule has 9 nitrogen and oxygen atoms in total. The first-order chi connectivity index (χ1) is 12.5. The molecule has 0 radical (unpaired) electrons. The molecule has 0 aromatic heterocycles. The van der Waals surface area contributed by atoms with Crippen molar-refractivity contribution in [2.24, 2.45) is 0 Å². The van der Waals surface area contributed by atoms with E-state index in [1.165, 1.54) is 7.11 Å². The van der Waals surface area contributed by atoms with Crippen LogP contribution in [0, 0.1) is 0 Å². The lowest BCUT2D eigenvalue weighted by atomic mass is 10.1. The monoisotopic (exact) mass is 371 g/mol. The quantitative estimate of drug-likeness (QED) is 0.465. The Bertz CT molecular complexity index is 545. The van der Waals surface area contributed by atoms with Crippen molar-refractivity contribution in [2.45, 2.75) is 44.1 Å². The molecule has 0 aromatic rings. The molecular weight excluding hydrogens is 346 g/mol. The van der Waals surface area contributed by atoms with Gasteiger partial charge >= 0.3 is 11.9 Å². The lowest BCUT2D eigenvalue weighted by molar-refractivity contribution is -0.162. The van der Waals surface area contributed by atoms with Crippen LogP contribution in [0.3, 0.4) is 0 Å². The van der Waals surface area contributed by atoms with E-state index < -0.39 is 24.5 Å². The first-order valence-electron chi connectivity index (χ1n) is 8.15. The van der Waals surface area contributed by atoms with Gasteiger partial charge in [0.15, 0.2) is 6.10 Å². The second-order valence-corrected chi connectivity index (χ2v) is 5.57. The van der Waals surface area contributed by atoms with Crippen LogP contribution < -0.4 is 0 Å². The minimum Gasteiger partial charge on any atom is -0.469 e. The van der Waals surface area contributed by atoms with Gasteiger partial charge in [0, 0.05) is 25.1 Å². The van der Waals surface area contributed by atoms with E-state index in [2.05, 4.69) is 4.74 Å². The molecule has 2 aliphatic heterocycles. The topological polar surface area (TPSA) is 123 Å². The summed E-state index contributed by atoms with van der Waals surface area (Å²) < 4.78 is 15.1. The van der Waals surface area contributed by atoms with Crippen molar-refractivity contribution in [3.8, 4) is 0 Å². The zero-order valence-electron chi connectivity index (χ0n) is 14.9. The predicted octanol–water partition coefficient (Wildman–Crippen LogP) is -0.131. The van der Waals surface area contributed by atoms with Crippen LogP contribution in [-0.2, 0) is 28.6 Å². The van der Waals surface area contributed by atoms with Crippen LogP contribution in [0.5, 0.6) is 0 Å². The first-order valence-corrected chi connectivity index (χ1v) is 8.15. The molecule has 2 rings (SSSR count). The second-order valence-electron chi connectivity index (χ2n) is 5.57. The highest BCUT2D eigenvalue weighted by molar-refractivity contribution is 5.81. The largest absolute Gasteiger partial charge is 0.469 e. The Labute approximate surface area is 151 Å². The number of allylic oxidation sites excluding steroid dienone is 2. The van der Waals surface area contributed by atoms with Gasteiger partial charge in [0.2, 0.25) is 0 Å². The lowest BCUT2D eigenvalue weighted by Gasteiger charge is -2.26. The number of rotatable bonds is 7. The van der Waals surface area contributed by atoms with Gasteiger partial charge in [-0.2, -0.15) is 0 Å². The molecule has 0 aliphatic carbocycles. The zero-order valence-corrected chi connectivity index (χ0v) is 14.9. The van der Waals surface area contributed by atoms with Crippen molar-refractivity contribution < 1.29 is 38.8 Å². The summed E-state index contributed by atoms with van der Waals surface area (Å²) in [6, 6.07) is 0. The van der Waals surface area contributed by atoms with E-state index >= 15 is 0 Å². The zero-order chi connectivity index (χ0) is 19.5. The molecule has 1 saturated heterocycles. The van der Waals surface area contributed by atoms with Crippen molar-refractivity contribution in [1.29, 1.82) is 0 Å². The van der Waals surface area contributed by atoms with E-state index in [9.17, 15) is 19.5 Å². The molecule has 0 bridgehead atoms. The molecule has 0 spiro atoms. The van der Waals surface area contributed by atoms with Gasteiger partial charge in [0.25, 0.3) is 0 Å². The number of aldehydes is 1. The van der Waals surface area contributed by atoms with Gasteiger partial charge in [0.05, 0.1) is 19.6 Å². The molecule has 2 heterocycles. The van der Waals surface area contributed by atoms with Crippen LogP contribution in [0.4, 0.5) is 0 Å². The average molecular weight is 371 g/mol. The molecule has 146 valence electrons. The second kappa shape index (κ2) is 11.4. The number of aliphatic hydroxyl groups is 2. The number of aliphatic hydroxyl groups excluding tert-OH is 2. The molecular formula is C17H25NO8. The van der Waals surface area contributed by atoms with E-state index in [4.69, 9.17) is 14.6 Å². The number of carbonyl (C=O) groups is 3. The van der Waals surface area contributed by atoms with Gasteiger partial charge in [-0.1, -0.05) is 6.08 Å². The summed E-state index contributed by atoms with van der Waals surface area (Å²) in [6.07, 6.45) is 5.79. The van der Waals surface area contributed by atoms with Crippen LogP contribution in [-0.4, -0.2) is 72.6 Å². The maximum Gasteiger partial charge on any atom is 0.335 e. The van der Waals surface area contributed by atoms with Crippen molar-refractivity contribution in [3.05, 3.63) is 24.0 Å². The SMILES string of the molecule is CO.COC(=O)CC(O)C(=O)OCC1CCC(N2C=CCC(C=O)=C2)O1. The summed E-state index contributed by atoms with van der Waals surface area (Å²) in [4.78, 5) is 35.3. The van der Waals surface area contributed by atoms with Crippen molar-refractivity contribution in [2.75, 3.05) is 20.8 Å². The van der Waals surface area contributed by atoms with E-state index in [1.807, 2.05) is 17.2 Å². The third-order valence-corrected chi connectivity index (χ3v) is 3.79. The van der Waals surface area contributed by atoms with Gasteiger partial charge in [-0.3, -0.25) is 9.59 Å². The molecule has 3 unspecified atom stereocenters. The normalized spacial score (nSPS) is 22.6. The van der Waals surface area contributed by atoms with Gasteiger partial charge in [0.1, 0.15) is 19.1 Å². The first kappa shape index (κ1) is 21.8. The number of nitrogens with zero attached hydrogens (tertiary/aromatic N) is 1. The highest BCUT2D eigenvalue weighted by Crippen LogP contribution is 2.26. The summed E-state index contributed by atoms with van der Waals surface area (Å²) in [5, 5.41) is 16.5. The molecule has 9 heteroatoms. The Balaban J connectivity index is 0.00000163.